The highest BCUT2D eigenvalue weighted by Gasteiger charge is 2.28. The standard InChI is InChI=1S/C25H28N2O5S/c1-4-18(2)23-9-5-6-10-24(23)26-25(29)17-27(16-21-8-7-15-32-21)33(30,31)22-13-11-20(12-14-22)19(3)28/h5-15,18H,4,16-17H2,1-3H3,(H,26,29). The van der Waals surface area contributed by atoms with E-state index in [2.05, 4.69) is 19.2 Å². The summed E-state index contributed by atoms with van der Waals surface area (Å²) in [5, 5.41) is 2.86. The molecule has 1 unspecified atom stereocenters. The van der Waals surface area contributed by atoms with Crippen LogP contribution < -0.4 is 5.32 Å². The number of ketones is 1. The predicted molar refractivity (Wildman–Crippen MR) is 127 cm³/mol. The van der Waals surface area contributed by atoms with Crippen molar-refractivity contribution in [1.82, 2.24) is 4.31 Å². The van der Waals surface area contributed by atoms with Crippen LogP contribution in [0.2, 0.25) is 0 Å². The summed E-state index contributed by atoms with van der Waals surface area (Å²) < 4.78 is 33.1. The van der Waals surface area contributed by atoms with E-state index in [0.29, 0.717) is 17.0 Å². The van der Waals surface area contributed by atoms with E-state index in [4.69, 9.17) is 4.42 Å². The Balaban J connectivity index is 1.87. The van der Waals surface area contributed by atoms with E-state index in [9.17, 15) is 18.0 Å². The van der Waals surface area contributed by atoms with Gasteiger partial charge in [0, 0.05) is 11.3 Å². The fourth-order valence-corrected chi connectivity index (χ4v) is 4.79. The van der Waals surface area contributed by atoms with Gasteiger partial charge in [-0.3, -0.25) is 9.59 Å². The van der Waals surface area contributed by atoms with E-state index < -0.39 is 22.5 Å². The lowest BCUT2D eigenvalue weighted by Crippen LogP contribution is -2.37. The molecule has 2 aromatic carbocycles. The first-order valence-electron chi connectivity index (χ1n) is 10.7. The Bertz CT molecular complexity index is 1200. The fourth-order valence-electron chi connectivity index (χ4n) is 3.42. The molecule has 3 rings (SSSR count). The minimum atomic E-state index is -4.04. The summed E-state index contributed by atoms with van der Waals surface area (Å²) in [6, 6.07) is 16.5. The number of rotatable bonds is 10. The summed E-state index contributed by atoms with van der Waals surface area (Å²) in [5.41, 5.74) is 2.07. The van der Waals surface area contributed by atoms with Crippen LogP contribution in [0.15, 0.2) is 76.2 Å². The molecule has 33 heavy (non-hydrogen) atoms. The van der Waals surface area contributed by atoms with Crippen LogP contribution in [0.5, 0.6) is 0 Å². The Labute approximate surface area is 194 Å². The van der Waals surface area contributed by atoms with Crippen molar-refractivity contribution in [1.29, 1.82) is 0 Å². The van der Waals surface area contributed by atoms with Crippen LogP contribution in [0.3, 0.4) is 0 Å². The molecule has 0 saturated carbocycles. The number of carbonyl (C=O) groups is 2. The minimum absolute atomic E-state index is 0.00754. The zero-order valence-corrected chi connectivity index (χ0v) is 19.8. The summed E-state index contributed by atoms with van der Waals surface area (Å²) in [6.45, 7) is 5.05. The molecule has 1 N–H and O–H groups in total. The molecule has 0 aliphatic heterocycles. The number of furan rings is 1. The first-order valence-corrected chi connectivity index (χ1v) is 12.2. The molecule has 1 amide bonds. The molecular weight excluding hydrogens is 440 g/mol. The molecule has 1 aromatic heterocycles. The van der Waals surface area contributed by atoms with Crippen LogP contribution in [0.1, 0.15) is 54.8 Å². The number of hydrogen-bond donors (Lipinski definition) is 1. The first-order chi connectivity index (χ1) is 15.7. The zero-order valence-electron chi connectivity index (χ0n) is 18.9. The van der Waals surface area contributed by atoms with Crippen molar-refractivity contribution >= 4 is 27.4 Å². The number of carbonyl (C=O) groups excluding carboxylic acids is 2. The van der Waals surface area contributed by atoms with Crippen molar-refractivity contribution in [3.63, 3.8) is 0 Å². The molecule has 0 fully saturated rings. The van der Waals surface area contributed by atoms with Gasteiger partial charge < -0.3 is 9.73 Å². The van der Waals surface area contributed by atoms with Crippen molar-refractivity contribution in [3.8, 4) is 0 Å². The second kappa shape index (κ2) is 10.6. The molecule has 0 saturated heterocycles. The summed E-state index contributed by atoms with van der Waals surface area (Å²) in [5.74, 6) is 0.0305. The molecule has 0 aliphatic rings. The number of nitrogens with one attached hydrogen (secondary N) is 1. The number of amides is 1. The van der Waals surface area contributed by atoms with E-state index in [1.165, 1.54) is 37.5 Å². The topological polar surface area (TPSA) is 96.7 Å². The van der Waals surface area contributed by atoms with Crippen molar-refractivity contribution in [2.75, 3.05) is 11.9 Å². The average Bonchev–Trinajstić information content (AvgIpc) is 3.31. The second-order valence-electron chi connectivity index (χ2n) is 7.88. The number of para-hydroxylation sites is 1. The van der Waals surface area contributed by atoms with Gasteiger partial charge in [-0.05, 0) is 55.2 Å². The molecule has 3 aromatic rings. The average molecular weight is 469 g/mol. The van der Waals surface area contributed by atoms with Gasteiger partial charge in [0.1, 0.15) is 5.76 Å². The van der Waals surface area contributed by atoms with Gasteiger partial charge in [0.15, 0.2) is 5.78 Å². The summed E-state index contributed by atoms with van der Waals surface area (Å²) in [7, 11) is -4.04. The normalized spacial score (nSPS) is 12.5. The number of hydrogen-bond acceptors (Lipinski definition) is 5. The molecule has 0 spiro atoms. The minimum Gasteiger partial charge on any atom is -0.468 e. The Morgan fingerprint density at radius 3 is 2.33 bits per heavy atom. The number of nitrogens with zero attached hydrogens (tertiary/aromatic N) is 1. The lowest BCUT2D eigenvalue weighted by Gasteiger charge is -2.22. The Morgan fingerprint density at radius 1 is 1.03 bits per heavy atom. The first kappa shape index (κ1) is 24.4. The lowest BCUT2D eigenvalue weighted by molar-refractivity contribution is -0.116. The summed E-state index contributed by atoms with van der Waals surface area (Å²) in [6.07, 6.45) is 2.35. The van der Waals surface area contributed by atoms with Gasteiger partial charge in [0.2, 0.25) is 15.9 Å². The number of benzene rings is 2. The molecule has 7 nitrogen and oxygen atoms in total. The zero-order chi connectivity index (χ0) is 24.0. The van der Waals surface area contributed by atoms with Crippen molar-refractivity contribution in [3.05, 3.63) is 83.8 Å². The molecule has 174 valence electrons. The quantitative estimate of drug-likeness (QED) is 0.430. The van der Waals surface area contributed by atoms with E-state index in [1.54, 1.807) is 12.1 Å². The van der Waals surface area contributed by atoms with Crippen LogP contribution in [-0.4, -0.2) is 31.0 Å². The summed E-state index contributed by atoms with van der Waals surface area (Å²) in [4.78, 5) is 24.5. The van der Waals surface area contributed by atoms with Crippen molar-refractivity contribution < 1.29 is 22.4 Å². The largest absolute Gasteiger partial charge is 0.468 e. The van der Waals surface area contributed by atoms with E-state index in [-0.39, 0.29) is 23.1 Å². The molecular formula is C25H28N2O5S. The van der Waals surface area contributed by atoms with Gasteiger partial charge >= 0.3 is 0 Å². The molecule has 0 bridgehead atoms. The van der Waals surface area contributed by atoms with Gasteiger partial charge in [0.25, 0.3) is 0 Å². The SMILES string of the molecule is CCC(C)c1ccccc1NC(=O)CN(Cc1ccco1)S(=O)(=O)c1ccc(C(C)=O)cc1. The highest BCUT2D eigenvalue weighted by Crippen LogP contribution is 2.27. The third-order valence-electron chi connectivity index (χ3n) is 5.51. The van der Waals surface area contributed by atoms with Crippen LogP contribution in [0.25, 0.3) is 0 Å². The van der Waals surface area contributed by atoms with E-state index in [1.807, 2.05) is 24.3 Å². The third-order valence-corrected chi connectivity index (χ3v) is 7.31. The molecule has 1 heterocycles. The molecule has 1 atom stereocenters. The summed E-state index contributed by atoms with van der Waals surface area (Å²) >= 11 is 0. The highest BCUT2D eigenvalue weighted by molar-refractivity contribution is 7.89. The van der Waals surface area contributed by atoms with Crippen LogP contribution >= 0.6 is 0 Å². The number of sulfonamides is 1. The van der Waals surface area contributed by atoms with Gasteiger partial charge in [-0.2, -0.15) is 4.31 Å². The van der Waals surface area contributed by atoms with Crippen molar-refractivity contribution in [2.24, 2.45) is 0 Å². The van der Waals surface area contributed by atoms with Crippen LogP contribution in [0.4, 0.5) is 5.69 Å². The third kappa shape index (κ3) is 5.97. The smallest absolute Gasteiger partial charge is 0.243 e. The Hall–Kier alpha value is -3.23. The van der Waals surface area contributed by atoms with Crippen molar-refractivity contribution in [2.45, 2.75) is 44.6 Å². The van der Waals surface area contributed by atoms with Gasteiger partial charge in [-0.1, -0.05) is 44.2 Å². The number of Topliss-reactive ketones (excluding diaryl/α,β-unsaturated/α-hetero) is 1. The van der Waals surface area contributed by atoms with Crippen LogP contribution in [-0.2, 0) is 21.4 Å². The number of anilines is 1. The Kier molecular flexibility index (Phi) is 7.84. The maximum atomic E-state index is 13.4. The second-order valence-corrected chi connectivity index (χ2v) is 9.82. The molecule has 0 aliphatic carbocycles. The Morgan fingerprint density at radius 2 is 1.73 bits per heavy atom. The fraction of sp³-hybridized carbons (Fsp3) is 0.280. The van der Waals surface area contributed by atoms with Gasteiger partial charge in [-0.25, -0.2) is 8.42 Å². The maximum absolute atomic E-state index is 13.4. The molecule has 0 radical (unpaired) electrons. The molecule has 8 heteroatoms. The lowest BCUT2D eigenvalue weighted by atomic mass is 9.97. The monoisotopic (exact) mass is 468 g/mol. The van der Waals surface area contributed by atoms with Gasteiger partial charge in [-0.15, -0.1) is 0 Å². The predicted octanol–water partition coefficient (Wildman–Crippen LogP) is 4.83. The van der Waals surface area contributed by atoms with E-state index >= 15 is 0 Å². The van der Waals surface area contributed by atoms with E-state index in [0.717, 1.165) is 16.3 Å². The van der Waals surface area contributed by atoms with Gasteiger partial charge in [0.05, 0.1) is 24.2 Å². The maximum Gasteiger partial charge on any atom is 0.243 e. The highest BCUT2D eigenvalue weighted by atomic mass is 32.2. The van der Waals surface area contributed by atoms with Crippen LogP contribution in [0, 0.1) is 0 Å².